The van der Waals surface area contributed by atoms with Crippen LogP contribution in [0.5, 0.6) is 0 Å². The van der Waals surface area contributed by atoms with Crippen LogP contribution in [0.1, 0.15) is 65.7 Å². The van der Waals surface area contributed by atoms with E-state index in [1.807, 2.05) is 18.7 Å². The molecule has 1 heterocycles. The third-order valence-corrected chi connectivity index (χ3v) is 5.19. The van der Waals surface area contributed by atoms with Gasteiger partial charge in [0.2, 0.25) is 5.91 Å². The molecule has 2 rings (SSSR count). The van der Waals surface area contributed by atoms with E-state index < -0.39 is 11.6 Å². The van der Waals surface area contributed by atoms with E-state index in [0.29, 0.717) is 19.4 Å². The molecule has 6 heteroatoms. The Morgan fingerprint density at radius 1 is 1.30 bits per heavy atom. The van der Waals surface area contributed by atoms with E-state index in [2.05, 4.69) is 12.2 Å². The van der Waals surface area contributed by atoms with E-state index in [0.717, 1.165) is 37.0 Å². The molecule has 1 spiro atoms. The van der Waals surface area contributed by atoms with Crippen LogP contribution < -0.4 is 5.32 Å². The Kier molecular flexibility index (Phi) is 5.65. The number of hydrogen-bond donors (Lipinski definition) is 1. The molecule has 6 nitrogen and oxygen atoms in total. The van der Waals surface area contributed by atoms with E-state index in [9.17, 15) is 14.4 Å². The molecule has 130 valence electrons. The average Bonchev–Trinajstić information content (AvgIpc) is 3.08. The topological polar surface area (TPSA) is 69.7 Å². The highest BCUT2D eigenvalue weighted by Gasteiger charge is 2.52. The van der Waals surface area contributed by atoms with Crippen LogP contribution in [0.3, 0.4) is 0 Å². The number of imide groups is 1. The molecular weight excluding hydrogens is 294 g/mol. The molecule has 2 fully saturated rings. The summed E-state index contributed by atoms with van der Waals surface area (Å²) < 4.78 is 0. The molecule has 2 aliphatic rings. The fraction of sp³-hybridized carbons (Fsp3) is 0.824. The largest absolute Gasteiger partial charge is 0.338 e. The summed E-state index contributed by atoms with van der Waals surface area (Å²) in [5.74, 6) is -0.348. The summed E-state index contributed by atoms with van der Waals surface area (Å²) in [5.41, 5.74) is -0.734. The van der Waals surface area contributed by atoms with Crippen molar-refractivity contribution in [2.75, 3.05) is 13.1 Å². The molecule has 1 aliphatic carbocycles. The minimum atomic E-state index is -0.734. The number of urea groups is 1. The normalized spacial score (nSPS) is 20.9. The molecule has 23 heavy (non-hydrogen) atoms. The molecule has 1 saturated carbocycles. The van der Waals surface area contributed by atoms with Crippen molar-refractivity contribution in [2.24, 2.45) is 0 Å². The van der Waals surface area contributed by atoms with Crippen molar-refractivity contribution >= 4 is 17.8 Å². The van der Waals surface area contributed by atoms with Gasteiger partial charge >= 0.3 is 6.03 Å². The molecule has 1 aliphatic heterocycles. The van der Waals surface area contributed by atoms with Gasteiger partial charge in [0.1, 0.15) is 12.1 Å². The number of carbonyl (C=O) groups is 3. The van der Waals surface area contributed by atoms with Gasteiger partial charge in [0.15, 0.2) is 0 Å². The van der Waals surface area contributed by atoms with Crippen LogP contribution >= 0.6 is 0 Å². The Balaban J connectivity index is 2.05. The molecule has 0 radical (unpaired) electrons. The molecule has 4 amide bonds. The molecule has 0 aromatic rings. The maximum absolute atomic E-state index is 12.7. The average molecular weight is 323 g/mol. The van der Waals surface area contributed by atoms with Gasteiger partial charge in [-0.3, -0.25) is 14.5 Å². The first-order chi connectivity index (χ1) is 10.9. The first-order valence-electron chi connectivity index (χ1n) is 8.88. The van der Waals surface area contributed by atoms with E-state index in [-0.39, 0.29) is 24.4 Å². The zero-order valence-corrected chi connectivity index (χ0v) is 14.6. The quantitative estimate of drug-likeness (QED) is 0.731. The first kappa shape index (κ1) is 17.8. The molecular formula is C17H29N3O3. The monoisotopic (exact) mass is 323 g/mol. The lowest BCUT2D eigenvalue weighted by Crippen LogP contribution is -2.48. The van der Waals surface area contributed by atoms with Crippen LogP contribution in [0, 0.1) is 0 Å². The summed E-state index contributed by atoms with van der Waals surface area (Å²) in [5, 5.41) is 2.83. The molecule has 0 aromatic heterocycles. The van der Waals surface area contributed by atoms with Crippen LogP contribution in [-0.4, -0.2) is 52.3 Å². The van der Waals surface area contributed by atoms with Gasteiger partial charge < -0.3 is 10.2 Å². The predicted octanol–water partition coefficient (Wildman–Crippen LogP) is 2.28. The molecule has 1 unspecified atom stereocenters. The van der Waals surface area contributed by atoms with Gasteiger partial charge in [0, 0.05) is 12.6 Å². The number of carbonyl (C=O) groups excluding carboxylic acids is 3. The van der Waals surface area contributed by atoms with Crippen LogP contribution in [-0.2, 0) is 9.59 Å². The zero-order valence-electron chi connectivity index (χ0n) is 14.6. The van der Waals surface area contributed by atoms with E-state index in [1.165, 1.54) is 0 Å². The zero-order chi connectivity index (χ0) is 17.0. The fourth-order valence-corrected chi connectivity index (χ4v) is 3.50. The lowest BCUT2D eigenvalue weighted by atomic mass is 9.98. The third kappa shape index (κ3) is 3.51. The summed E-state index contributed by atoms with van der Waals surface area (Å²) in [4.78, 5) is 40.4. The summed E-state index contributed by atoms with van der Waals surface area (Å²) in [6, 6.07) is -0.292. The maximum Gasteiger partial charge on any atom is 0.325 e. The Bertz CT molecular complexity index is 472. The molecule has 1 N–H and O–H groups in total. The number of nitrogens with zero attached hydrogens (tertiary/aromatic N) is 2. The number of hydrogen-bond acceptors (Lipinski definition) is 3. The standard InChI is InChI=1S/C17H29N3O3/c1-4-6-11-19(13(3)5-2)14(21)12-20-15(22)17(18-16(20)23)9-7-8-10-17/h13H,4-12H2,1-3H3,(H,18,23). The van der Waals surface area contributed by atoms with Crippen molar-refractivity contribution in [2.45, 2.75) is 77.3 Å². The first-order valence-corrected chi connectivity index (χ1v) is 8.88. The maximum atomic E-state index is 12.7. The van der Waals surface area contributed by atoms with Crippen LogP contribution in [0.2, 0.25) is 0 Å². The van der Waals surface area contributed by atoms with Crippen molar-refractivity contribution in [1.29, 1.82) is 0 Å². The predicted molar refractivity (Wildman–Crippen MR) is 87.8 cm³/mol. The number of rotatable bonds is 7. The minimum absolute atomic E-state index is 0.121. The van der Waals surface area contributed by atoms with Crippen LogP contribution in [0.4, 0.5) is 4.79 Å². The lowest BCUT2D eigenvalue weighted by molar-refractivity contribution is -0.140. The SMILES string of the molecule is CCCCN(C(=O)CN1C(=O)NC2(CCCC2)C1=O)C(C)CC. The second-order valence-corrected chi connectivity index (χ2v) is 6.81. The number of unbranched alkanes of at least 4 members (excludes halogenated alkanes) is 1. The summed E-state index contributed by atoms with van der Waals surface area (Å²) in [6.45, 7) is 6.68. The lowest BCUT2D eigenvalue weighted by Gasteiger charge is -2.30. The van der Waals surface area contributed by atoms with Gasteiger partial charge in [-0.25, -0.2) is 4.79 Å². The summed E-state index contributed by atoms with van der Waals surface area (Å²) in [6.07, 6.45) is 6.07. The summed E-state index contributed by atoms with van der Waals surface area (Å²) in [7, 11) is 0. The van der Waals surface area contributed by atoms with E-state index in [4.69, 9.17) is 0 Å². The second kappa shape index (κ2) is 7.32. The molecule has 0 bridgehead atoms. The Labute approximate surface area is 138 Å². The van der Waals surface area contributed by atoms with Gasteiger partial charge in [0.05, 0.1) is 0 Å². The van der Waals surface area contributed by atoms with Crippen molar-refractivity contribution in [1.82, 2.24) is 15.1 Å². The molecule has 1 saturated heterocycles. The fourth-order valence-electron chi connectivity index (χ4n) is 3.50. The third-order valence-electron chi connectivity index (χ3n) is 5.19. The van der Waals surface area contributed by atoms with Crippen LogP contribution in [0.15, 0.2) is 0 Å². The van der Waals surface area contributed by atoms with E-state index >= 15 is 0 Å². The minimum Gasteiger partial charge on any atom is -0.338 e. The highest BCUT2D eigenvalue weighted by Crippen LogP contribution is 2.35. The van der Waals surface area contributed by atoms with Gasteiger partial charge in [0.25, 0.3) is 5.91 Å². The summed E-state index contributed by atoms with van der Waals surface area (Å²) >= 11 is 0. The molecule has 0 aromatic carbocycles. The Morgan fingerprint density at radius 2 is 1.96 bits per heavy atom. The highest BCUT2D eigenvalue weighted by molar-refractivity contribution is 6.09. The van der Waals surface area contributed by atoms with Gasteiger partial charge in [-0.15, -0.1) is 0 Å². The molecule has 1 atom stereocenters. The van der Waals surface area contributed by atoms with Gasteiger partial charge in [-0.05, 0) is 32.6 Å². The Morgan fingerprint density at radius 3 is 2.52 bits per heavy atom. The smallest absolute Gasteiger partial charge is 0.325 e. The van der Waals surface area contributed by atoms with Crippen molar-refractivity contribution in [3.8, 4) is 0 Å². The van der Waals surface area contributed by atoms with Gasteiger partial charge in [-0.2, -0.15) is 0 Å². The van der Waals surface area contributed by atoms with E-state index in [1.54, 1.807) is 0 Å². The van der Waals surface area contributed by atoms with Gasteiger partial charge in [-0.1, -0.05) is 33.1 Å². The van der Waals surface area contributed by atoms with Crippen molar-refractivity contribution in [3.63, 3.8) is 0 Å². The number of amides is 4. The highest BCUT2D eigenvalue weighted by atomic mass is 16.2. The Hall–Kier alpha value is -1.59. The van der Waals surface area contributed by atoms with Crippen molar-refractivity contribution in [3.05, 3.63) is 0 Å². The van der Waals surface area contributed by atoms with Crippen molar-refractivity contribution < 1.29 is 14.4 Å². The number of nitrogens with one attached hydrogen (secondary N) is 1. The second-order valence-electron chi connectivity index (χ2n) is 6.81. The van der Waals surface area contributed by atoms with Crippen LogP contribution in [0.25, 0.3) is 0 Å².